The number of fused-ring (bicyclic) bond motifs is 1. The number of nitrogens with zero attached hydrogens (tertiary/aromatic N) is 1. The molecule has 1 saturated heterocycles. The van der Waals surface area contributed by atoms with Crippen molar-refractivity contribution in [1.29, 1.82) is 0 Å². The van der Waals surface area contributed by atoms with Gasteiger partial charge in [0.15, 0.2) is 21.0 Å². The normalized spacial score (nSPS) is 25.3. The number of nitrogens with one attached hydrogen (secondary N) is 1. The number of hydrogen-bond donors (Lipinski definition) is 1. The third-order valence-electron chi connectivity index (χ3n) is 4.04. The molecule has 1 fully saturated rings. The summed E-state index contributed by atoms with van der Waals surface area (Å²) < 4.78 is 30.2. The minimum absolute atomic E-state index is 0.115. The van der Waals surface area contributed by atoms with Gasteiger partial charge in [0.2, 0.25) is 0 Å². The van der Waals surface area contributed by atoms with E-state index in [-0.39, 0.29) is 17.2 Å². The van der Waals surface area contributed by atoms with E-state index in [1.54, 1.807) is 41.5 Å². The fourth-order valence-corrected chi connectivity index (χ4v) is 5.00. The maximum Gasteiger partial charge on any atom is 0.408 e. The molecule has 0 saturated carbocycles. The lowest BCUT2D eigenvalue weighted by Gasteiger charge is -2.50. The molecule has 2 rings (SSSR count). The number of ether oxygens (including phenoxy) is 1. The Labute approximate surface area is 153 Å². The van der Waals surface area contributed by atoms with E-state index < -0.39 is 44.3 Å². The Morgan fingerprint density at radius 2 is 1.69 bits per heavy atom. The zero-order valence-electron chi connectivity index (χ0n) is 16.2. The molecule has 2 atom stereocenters. The van der Waals surface area contributed by atoms with Gasteiger partial charge in [-0.3, -0.25) is 14.5 Å². The summed E-state index contributed by atoms with van der Waals surface area (Å²) >= 11 is 0. The molecule has 0 aliphatic carbocycles. The Balaban J connectivity index is 2.35. The van der Waals surface area contributed by atoms with E-state index in [0.717, 1.165) is 4.90 Å². The number of alkyl carbamates (subject to hydrolysis) is 1. The Hall–Kier alpha value is -1.90. The number of rotatable bonds is 2. The standard InChI is InChI=1S/C17H26N2O6S/c1-9-8-26(23,24)14-10(18-15(22)25-17(5,6)7)13(21)19(14)11(9)12(20)16(2,3)4/h10,14H,8H2,1-7H3,(H,18,22)/t10?,14-/m1/s1. The van der Waals surface area contributed by atoms with Crippen LogP contribution in [0.5, 0.6) is 0 Å². The van der Waals surface area contributed by atoms with Crippen molar-refractivity contribution in [3.05, 3.63) is 11.3 Å². The lowest BCUT2D eigenvalue weighted by Crippen LogP contribution is -2.75. The summed E-state index contributed by atoms with van der Waals surface area (Å²) in [4.78, 5) is 38.3. The number of carbonyl (C=O) groups is 3. The number of carbonyl (C=O) groups excluding carboxylic acids is 3. The van der Waals surface area contributed by atoms with Gasteiger partial charge in [0.1, 0.15) is 11.6 Å². The third-order valence-corrected chi connectivity index (χ3v) is 6.10. The minimum Gasteiger partial charge on any atom is -0.444 e. The van der Waals surface area contributed by atoms with E-state index in [1.165, 1.54) is 6.92 Å². The largest absolute Gasteiger partial charge is 0.444 e. The molecule has 0 bridgehead atoms. The topological polar surface area (TPSA) is 110 Å². The molecule has 8 nitrogen and oxygen atoms in total. The van der Waals surface area contributed by atoms with Crippen molar-refractivity contribution in [2.45, 2.75) is 65.5 Å². The number of allylic oxidation sites excluding steroid dienone is 1. The molecule has 2 aliphatic rings. The molecule has 2 aliphatic heterocycles. The first kappa shape index (κ1) is 20.4. The molecule has 0 radical (unpaired) electrons. The van der Waals surface area contributed by atoms with Gasteiger partial charge in [0.25, 0.3) is 5.91 Å². The average molecular weight is 386 g/mol. The van der Waals surface area contributed by atoms with E-state index in [4.69, 9.17) is 4.74 Å². The van der Waals surface area contributed by atoms with Crippen LogP contribution in [-0.2, 0) is 24.2 Å². The van der Waals surface area contributed by atoms with Crippen LogP contribution in [-0.4, -0.2) is 53.9 Å². The Morgan fingerprint density at radius 1 is 1.15 bits per heavy atom. The number of Topliss-reactive ketones (excluding diaryl/α,β-unsaturated/α-hetero) is 1. The first-order valence-electron chi connectivity index (χ1n) is 8.35. The van der Waals surface area contributed by atoms with Crippen molar-refractivity contribution >= 4 is 27.6 Å². The number of β-lactam (4-membered cyclic amide) rings is 1. The van der Waals surface area contributed by atoms with Crippen LogP contribution in [0.3, 0.4) is 0 Å². The molecule has 26 heavy (non-hydrogen) atoms. The molecule has 9 heteroatoms. The summed E-state index contributed by atoms with van der Waals surface area (Å²) in [6, 6.07) is -1.26. The van der Waals surface area contributed by atoms with Crippen LogP contribution in [0.2, 0.25) is 0 Å². The van der Waals surface area contributed by atoms with Crippen molar-refractivity contribution in [3.8, 4) is 0 Å². The second-order valence-electron chi connectivity index (χ2n) is 8.74. The lowest BCUT2D eigenvalue weighted by molar-refractivity contribution is -0.146. The molecule has 2 heterocycles. The van der Waals surface area contributed by atoms with Crippen molar-refractivity contribution < 1.29 is 27.5 Å². The van der Waals surface area contributed by atoms with E-state index in [2.05, 4.69) is 5.32 Å². The van der Waals surface area contributed by atoms with E-state index in [9.17, 15) is 22.8 Å². The molecule has 146 valence electrons. The lowest BCUT2D eigenvalue weighted by atomic mass is 9.85. The molecular weight excluding hydrogens is 360 g/mol. The molecule has 0 spiro atoms. The van der Waals surface area contributed by atoms with Gasteiger partial charge in [0, 0.05) is 5.41 Å². The third kappa shape index (κ3) is 3.62. The fourth-order valence-electron chi connectivity index (χ4n) is 2.96. The van der Waals surface area contributed by atoms with Gasteiger partial charge in [-0.15, -0.1) is 0 Å². The summed E-state index contributed by atoms with van der Waals surface area (Å²) in [5, 5.41) is 1.04. The monoisotopic (exact) mass is 386 g/mol. The Morgan fingerprint density at radius 3 is 2.15 bits per heavy atom. The fraction of sp³-hybridized carbons (Fsp3) is 0.706. The SMILES string of the molecule is CC1=C(C(=O)C(C)(C)C)N2C(=O)C(NC(=O)OC(C)(C)C)[C@H]2S(=O)(=O)C1. The van der Waals surface area contributed by atoms with Crippen molar-refractivity contribution in [1.82, 2.24) is 10.2 Å². The molecule has 0 aromatic rings. The highest BCUT2D eigenvalue weighted by molar-refractivity contribution is 7.92. The highest BCUT2D eigenvalue weighted by Gasteiger charge is 2.60. The van der Waals surface area contributed by atoms with E-state index in [1.807, 2.05) is 0 Å². The number of ketones is 1. The predicted octanol–water partition coefficient (Wildman–Crippen LogP) is 1.37. The van der Waals surface area contributed by atoms with Gasteiger partial charge < -0.3 is 10.1 Å². The van der Waals surface area contributed by atoms with E-state index >= 15 is 0 Å². The smallest absolute Gasteiger partial charge is 0.408 e. The van der Waals surface area contributed by atoms with Crippen molar-refractivity contribution in [2.24, 2.45) is 5.41 Å². The quantitative estimate of drug-likeness (QED) is 0.718. The Kier molecular flexibility index (Phi) is 4.77. The summed E-state index contributed by atoms with van der Waals surface area (Å²) in [6.07, 6.45) is -0.874. The number of sulfone groups is 1. The van der Waals surface area contributed by atoms with Crippen LogP contribution in [0, 0.1) is 5.41 Å². The zero-order valence-corrected chi connectivity index (χ0v) is 17.0. The first-order chi connectivity index (χ1) is 11.6. The molecule has 0 aromatic heterocycles. The van der Waals surface area contributed by atoms with Crippen LogP contribution < -0.4 is 5.32 Å². The van der Waals surface area contributed by atoms with Gasteiger partial charge in [0.05, 0.1) is 11.4 Å². The summed E-state index contributed by atoms with van der Waals surface area (Å²) in [5.74, 6) is -1.26. The average Bonchev–Trinajstić information content (AvgIpc) is 2.40. The van der Waals surface area contributed by atoms with Crippen molar-refractivity contribution in [3.63, 3.8) is 0 Å². The summed E-state index contributed by atoms with van der Waals surface area (Å²) in [7, 11) is -3.73. The van der Waals surface area contributed by atoms with Crippen molar-refractivity contribution in [2.75, 3.05) is 5.75 Å². The van der Waals surface area contributed by atoms with Crippen LogP contribution in [0.25, 0.3) is 0 Å². The molecular formula is C17H26N2O6S. The van der Waals surface area contributed by atoms with Crippen LogP contribution in [0.15, 0.2) is 11.3 Å². The van der Waals surface area contributed by atoms with Gasteiger partial charge in [-0.05, 0) is 33.3 Å². The van der Waals surface area contributed by atoms with Gasteiger partial charge in [-0.1, -0.05) is 20.8 Å². The molecule has 2 amide bonds. The van der Waals surface area contributed by atoms with Crippen LogP contribution in [0.1, 0.15) is 48.5 Å². The minimum atomic E-state index is -3.73. The number of amides is 2. The second-order valence-corrected chi connectivity index (χ2v) is 10.8. The molecule has 1 unspecified atom stereocenters. The van der Waals surface area contributed by atoms with E-state index in [0.29, 0.717) is 5.57 Å². The Bertz CT molecular complexity index is 798. The summed E-state index contributed by atoms with van der Waals surface area (Å²) in [5.41, 5.74) is -1.10. The second kappa shape index (κ2) is 6.07. The highest BCUT2D eigenvalue weighted by Crippen LogP contribution is 2.39. The van der Waals surface area contributed by atoms with Crippen LogP contribution >= 0.6 is 0 Å². The predicted molar refractivity (Wildman–Crippen MR) is 94.7 cm³/mol. The number of hydrogen-bond acceptors (Lipinski definition) is 6. The first-order valence-corrected chi connectivity index (χ1v) is 10.1. The van der Waals surface area contributed by atoms with Crippen LogP contribution in [0.4, 0.5) is 4.79 Å². The summed E-state index contributed by atoms with van der Waals surface area (Å²) in [6.45, 7) is 11.6. The van der Waals surface area contributed by atoms with Gasteiger partial charge in [-0.2, -0.15) is 0 Å². The zero-order chi connectivity index (χ0) is 20.2. The highest BCUT2D eigenvalue weighted by atomic mass is 32.2. The maximum atomic E-state index is 12.7. The van der Waals surface area contributed by atoms with Gasteiger partial charge >= 0.3 is 6.09 Å². The maximum absolute atomic E-state index is 12.7. The molecule has 0 aromatic carbocycles. The van der Waals surface area contributed by atoms with Gasteiger partial charge in [-0.25, -0.2) is 13.2 Å². The molecule has 1 N–H and O–H groups in total.